The van der Waals surface area contributed by atoms with E-state index < -0.39 is 5.54 Å². The molecule has 1 aromatic carbocycles. The van der Waals surface area contributed by atoms with Gasteiger partial charge in [0.2, 0.25) is 0 Å². The number of rotatable bonds is 3. The van der Waals surface area contributed by atoms with Gasteiger partial charge in [0, 0.05) is 6.61 Å². The molecular weight excluding hydrogens is 384 g/mol. The second kappa shape index (κ2) is 7.67. The average Bonchev–Trinajstić information content (AvgIpc) is 3.38. The number of nitrogens with one attached hydrogen (secondary N) is 2. The number of urea groups is 1. The summed E-state index contributed by atoms with van der Waals surface area (Å²) < 4.78 is 5.52. The second-order valence-corrected chi connectivity index (χ2v) is 8.81. The molecule has 0 radical (unpaired) electrons. The van der Waals surface area contributed by atoms with E-state index in [9.17, 15) is 14.4 Å². The van der Waals surface area contributed by atoms with Gasteiger partial charge in [0.15, 0.2) is 6.67 Å². The number of nitrogens with zero attached hydrogens (tertiary/aromatic N) is 2. The lowest BCUT2D eigenvalue weighted by molar-refractivity contribution is -0.911. The Morgan fingerprint density at radius 1 is 1.20 bits per heavy atom. The Labute approximate surface area is 176 Å². The summed E-state index contributed by atoms with van der Waals surface area (Å²) in [5, 5.41) is 3.02. The molecule has 0 unspecified atom stereocenters. The lowest BCUT2D eigenvalue weighted by Gasteiger charge is -2.35. The van der Waals surface area contributed by atoms with E-state index in [4.69, 9.17) is 4.74 Å². The van der Waals surface area contributed by atoms with Gasteiger partial charge in [-0.05, 0) is 43.2 Å². The molecule has 160 valence electrons. The van der Waals surface area contributed by atoms with Crippen molar-refractivity contribution in [3.63, 3.8) is 0 Å². The van der Waals surface area contributed by atoms with Crippen LogP contribution in [0.5, 0.6) is 0 Å². The fourth-order valence-corrected chi connectivity index (χ4v) is 5.36. The lowest BCUT2D eigenvalue weighted by Crippen LogP contribution is -3.16. The number of amides is 4. The molecule has 1 aromatic rings. The van der Waals surface area contributed by atoms with E-state index in [1.54, 1.807) is 0 Å². The van der Waals surface area contributed by atoms with Crippen LogP contribution in [0, 0.1) is 0 Å². The number of benzene rings is 1. The average molecular weight is 413 g/mol. The molecule has 3 fully saturated rings. The third-order valence-electron chi connectivity index (χ3n) is 7.02. The van der Waals surface area contributed by atoms with E-state index in [2.05, 4.69) is 5.32 Å². The largest absolute Gasteiger partial charge is 0.368 e. The summed E-state index contributed by atoms with van der Waals surface area (Å²) in [5.41, 5.74) is 1.18. The number of carbonyl (C=O) groups excluding carboxylic acids is 3. The molecule has 1 spiro atoms. The minimum Gasteiger partial charge on any atom is -0.368 e. The van der Waals surface area contributed by atoms with Crippen LogP contribution in [0.1, 0.15) is 36.8 Å². The number of fused-ring (bicyclic) bond motifs is 2. The van der Waals surface area contributed by atoms with Crippen molar-refractivity contribution >= 4 is 17.8 Å². The summed E-state index contributed by atoms with van der Waals surface area (Å²) in [6, 6.07) is 7.64. The third-order valence-corrected chi connectivity index (χ3v) is 7.02. The number of ether oxygens (including phenoxy) is 1. The Morgan fingerprint density at radius 2 is 2.00 bits per heavy atom. The minimum atomic E-state index is -0.914. The first-order valence-corrected chi connectivity index (χ1v) is 11.0. The van der Waals surface area contributed by atoms with E-state index in [1.807, 2.05) is 29.2 Å². The van der Waals surface area contributed by atoms with E-state index in [-0.39, 0.29) is 23.9 Å². The zero-order valence-corrected chi connectivity index (χ0v) is 17.2. The first-order valence-electron chi connectivity index (χ1n) is 11.0. The molecular formula is C22H29N4O4+. The van der Waals surface area contributed by atoms with Gasteiger partial charge in [-0.2, -0.15) is 0 Å². The fourth-order valence-electron chi connectivity index (χ4n) is 5.36. The molecule has 1 aliphatic carbocycles. The third kappa shape index (κ3) is 3.18. The predicted octanol–water partition coefficient (Wildman–Crippen LogP) is -0.366. The Morgan fingerprint density at radius 3 is 2.77 bits per heavy atom. The molecule has 0 saturated carbocycles. The van der Waals surface area contributed by atoms with Gasteiger partial charge in [-0.15, -0.1) is 0 Å². The molecule has 4 amide bonds. The SMILES string of the molecule is O=C([C@@H]1CCCO1)N1CC[NH+](CN2C(=O)N[C@@]3(CCCc4ccccc43)C2=O)CC1. The van der Waals surface area contributed by atoms with Crippen molar-refractivity contribution in [1.29, 1.82) is 0 Å². The Bertz CT molecular complexity index is 860. The molecule has 8 nitrogen and oxygen atoms in total. The molecule has 0 aromatic heterocycles. The van der Waals surface area contributed by atoms with Crippen LogP contribution < -0.4 is 10.2 Å². The van der Waals surface area contributed by atoms with E-state index in [0.29, 0.717) is 32.8 Å². The number of piperazine rings is 1. The van der Waals surface area contributed by atoms with Gasteiger partial charge in [-0.3, -0.25) is 9.59 Å². The number of aryl methyl sites for hydroxylation is 1. The number of imide groups is 1. The van der Waals surface area contributed by atoms with Gasteiger partial charge in [-0.25, -0.2) is 9.69 Å². The highest BCUT2D eigenvalue weighted by Gasteiger charge is 2.54. The lowest BCUT2D eigenvalue weighted by atomic mass is 9.76. The standard InChI is InChI=1S/C22H28N4O4/c27-19(18-8-4-14-30-18)25-12-10-24(11-13-25)15-26-20(28)22(23-21(26)29)9-3-6-16-5-1-2-7-17(16)22/h1-2,5,7,18H,3-4,6,8-15H2,(H,23,29)/p+1/t18-,22+/m0/s1. The quantitative estimate of drug-likeness (QED) is 0.663. The molecule has 4 aliphatic rings. The van der Waals surface area contributed by atoms with Crippen LogP contribution in [0.25, 0.3) is 0 Å². The maximum Gasteiger partial charge on any atom is 0.329 e. The van der Waals surface area contributed by atoms with Crippen molar-refractivity contribution in [2.24, 2.45) is 0 Å². The summed E-state index contributed by atoms with van der Waals surface area (Å²) in [6.45, 7) is 3.71. The number of quaternary nitrogens is 1. The minimum absolute atomic E-state index is 0.0827. The van der Waals surface area contributed by atoms with Crippen LogP contribution in [0.2, 0.25) is 0 Å². The molecule has 2 N–H and O–H groups in total. The van der Waals surface area contributed by atoms with Crippen LogP contribution in [0.4, 0.5) is 4.79 Å². The van der Waals surface area contributed by atoms with Crippen LogP contribution in [0.3, 0.4) is 0 Å². The molecule has 0 bridgehead atoms. The highest BCUT2D eigenvalue weighted by atomic mass is 16.5. The summed E-state index contributed by atoms with van der Waals surface area (Å²) in [7, 11) is 0. The maximum absolute atomic E-state index is 13.4. The summed E-state index contributed by atoms with van der Waals surface area (Å²) >= 11 is 0. The van der Waals surface area contributed by atoms with Crippen molar-refractivity contribution in [2.75, 3.05) is 39.5 Å². The van der Waals surface area contributed by atoms with Crippen LogP contribution >= 0.6 is 0 Å². The van der Waals surface area contributed by atoms with Gasteiger partial charge in [0.25, 0.3) is 11.8 Å². The van der Waals surface area contributed by atoms with Gasteiger partial charge >= 0.3 is 6.03 Å². The summed E-state index contributed by atoms with van der Waals surface area (Å²) in [6.07, 6.45) is 3.92. The number of hydrogen-bond acceptors (Lipinski definition) is 4. The van der Waals surface area contributed by atoms with Crippen molar-refractivity contribution < 1.29 is 24.0 Å². The highest BCUT2D eigenvalue weighted by molar-refractivity contribution is 6.07. The van der Waals surface area contributed by atoms with Crippen molar-refractivity contribution in [2.45, 2.75) is 43.7 Å². The van der Waals surface area contributed by atoms with E-state index in [1.165, 1.54) is 4.90 Å². The summed E-state index contributed by atoms with van der Waals surface area (Å²) in [5.74, 6) is -0.0516. The normalized spacial score (nSPS) is 29.4. The molecule has 3 heterocycles. The molecule has 3 aliphatic heterocycles. The van der Waals surface area contributed by atoms with Gasteiger partial charge < -0.3 is 19.9 Å². The van der Waals surface area contributed by atoms with Gasteiger partial charge in [-0.1, -0.05) is 24.3 Å². The Hall–Kier alpha value is -2.45. The van der Waals surface area contributed by atoms with Crippen LogP contribution in [-0.2, 0) is 26.3 Å². The van der Waals surface area contributed by atoms with E-state index >= 15 is 0 Å². The first kappa shape index (κ1) is 19.5. The topological polar surface area (TPSA) is 83.4 Å². The highest BCUT2D eigenvalue weighted by Crippen LogP contribution is 2.39. The van der Waals surface area contributed by atoms with Crippen molar-refractivity contribution in [3.8, 4) is 0 Å². The molecule has 3 saturated heterocycles. The number of carbonyl (C=O) groups is 3. The van der Waals surface area contributed by atoms with Crippen LogP contribution in [-0.4, -0.2) is 73.2 Å². The predicted molar refractivity (Wildman–Crippen MR) is 108 cm³/mol. The Balaban J connectivity index is 1.24. The van der Waals surface area contributed by atoms with Gasteiger partial charge in [0.1, 0.15) is 11.6 Å². The first-order chi connectivity index (χ1) is 14.6. The second-order valence-electron chi connectivity index (χ2n) is 8.81. The summed E-state index contributed by atoms with van der Waals surface area (Å²) in [4.78, 5) is 43.1. The van der Waals surface area contributed by atoms with Crippen molar-refractivity contribution in [1.82, 2.24) is 15.1 Å². The molecule has 5 rings (SSSR count). The van der Waals surface area contributed by atoms with Crippen molar-refractivity contribution in [3.05, 3.63) is 35.4 Å². The Kier molecular flexibility index (Phi) is 4.99. The zero-order valence-electron chi connectivity index (χ0n) is 17.2. The molecule has 8 heteroatoms. The smallest absolute Gasteiger partial charge is 0.329 e. The zero-order chi connectivity index (χ0) is 20.7. The maximum atomic E-state index is 13.4. The van der Waals surface area contributed by atoms with Gasteiger partial charge in [0.05, 0.1) is 26.2 Å². The molecule has 2 atom stereocenters. The fraction of sp³-hybridized carbons (Fsp3) is 0.591. The van der Waals surface area contributed by atoms with E-state index in [0.717, 1.165) is 54.8 Å². The number of hydrogen-bond donors (Lipinski definition) is 2. The van der Waals surface area contributed by atoms with Crippen LogP contribution in [0.15, 0.2) is 24.3 Å². The monoisotopic (exact) mass is 413 g/mol. The molecule has 30 heavy (non-hydrogen) atoms.